The first-order chi connectivity index (χ1) is 11.1. The summed E-state index contributed by atoms with van der Waals surface area (Å²) >= 11 is 7.52. The maximum Gasteiger partial charge on any atom is 0.233 e. The second-order valence-electron chi connectivity index (χ2n) is 6.00. The number of piperazine rings is 1. The van der Waals surface area contributed by atoms with E-state index in [1.165, 1.54) is 11.8 Å². The highest BCUT2D eigenvalue weighted by atomic mass is 35.5. The van der Waals surface area contributed by atoms with Crippen LogP contribution in [0.5, 0.6) is 0 Å². The van der Waals surface area contributed by atoms with Crippen molar-refractivity contribution < 1.29 is 4.79 Å². The molecule has 2 fully saturated rings. The predicted octanol–water partition coefficient (Wildman–Crippen LogP) is 1.60. The third kappa shape index (κ3) is 4.49. The number of aromatic nitrogens is 2. The molecule has 3 heterocycles. The molecule has 1 amide bonds. The number of thioether (sulfide) groups is 1. The molecule has 0 atom stereocenters. The van der Waals surface area contributed by atoms with Gasteiger partial charge in [0.25, 0.3) is 0 Å². The Morgan fingerprint density at radius 2 is 1.87 bits per heavy atom. The molecule has 1 aromatic rings. The van der Waals surface area contributed by atoms with Gasteiger partial charge in [-0.25, -0.2) is 9.97 Å². The van der Waals surface area contributed by atoms with Gasteiger partial charge in [0.15, 0.2) is 5.16 Å². The van der Waals surface area contributed by atoms with Crippen LogP contribution in [0, 0.1) is 0 Å². The van der Waals surface area contributed by atoms with Gasteiger partial charge in [0.2, 0.25) is 5.91 Å². The Labute approximate surface area is 146 Å². The number of hydrogen-bond donors (Lipinski definition) is 0. The van der Waals surface area contributed by atoms with Gasteiger partial charge in [0.05, 0.1) is 5.75 Å². The molecule has 0 N–H and O–H groups in total. The second kappa shape index (κ2) is 7.68. The highest BCUT2D eigenvalue weighted by Gasteiger charge is 2.20. The van der Waals surface area contributed by atoms with E-state index in [9.17, 15) is 4.79 Å². The van der Waals surface area contributed by atoms with Crippen LogP contribution in [-0.4, -0.2) is 77.7 Å². The van der Waals surface area contributed by atoms with Gasteiger partial charge in [0, 0.05) is 45.3 Å². The summed E-state index contributed by atoms with van der Waals surface area (Å²) in [5.74, 6) is 1.40. The number of rotatable bonds is 4. The first-order valence-electron chi connectivity index (χ1n) is 8.00. The molecule has 2 saturated heterocycles. The molecule has 0 aliphatic carbocycles. The average molecular weight is 356 g/mol. The minimum Gasteiger partial charge on any atom is -0.354 e. The van der Waals surface area contributed by atoms with Gasteiger partial charge in [-0.15, -0.1) is 0 Å². The minimum atomic E-state index is 0.164. The predicted molar refractivity (Wildman–Crippen MR) is 93.3 cm³/mol. The number of hydrogen-bond acceptors (Lipinski definition) is 6. The maximum atomic E-state index is 12.1. The number of likely N-dealkylation sites (tertiary alicyclic amines) is 1. The topological polar surface area (TPSA) is 52.6 Å². The molecular formula is C15H22ClN5OS. The fourth-order valence-electron chi connectivity index (χ4n) is 2.83. The van der Waals surface area contributed by atoms with Gasteiger partial charge in [0.1, 0.15) is 11.0 Å². The van der Waals surface area contributed by atoms with Crippen molar-refractivity contribution in [1.82, 2.24) is 19.8 Å². The number of likely N-dealkylation sites (N-methyl/N-ethyl adjacent to an activating group) is 1. The molecule has 0 saturated carbocycles. The van der Waals surface area contributed by atoms with Crippen LogP contribution in [0.25, 0.3) is 0 Å². The monoisotopic (exact) mass is 355 g/mol. The summed E-state index contributed by atoms with van der Waals surface area (Å²) in [5.41, 5.74) is 0. The van der Waals surface area contributed by atoms with E-state index in [-0.39, 0.29) is 5.91 Å². The molecule has 0 aromatic carbocycles. The Morgan fingerprint density at radius 3 is 2.57 bits per heavy atom. The van der Waals surface area contributed by atoms with Crippen molar-refractivity contribution in [2.75, 3.05) is 57.0 Å². The summed E-state index contributed by atoms with van der Waals surface area (Å²) in [6, 6.07) is 1.80. The van der Waals surface area contributed by atoms with Gasteiger partial charge >= 0.3 is 0 Å². The summed E-state index contributed by atoms with van der Waals surface area (Å²) < 4.78 is 0. The van der Waals surface area contributed by atoms with E-state index < -0.39 is 0 Å². The van der Waals surface area contributed by atoms with Crippen LogP contribution in [0.2, 0.25) is 5.15 Å². The number of nitrogens with zero attached hydrogens (tertiary/aromatic N) is 5. The van der Waals surface area contributed by atoms with Crippen molar-refractivity contribution >= 4 is 35.1 Å². The maximum absolute atomic E-state index is 12.1. The Balaban J connectivity index is 1.62. The number of halogens is 1. The van der Waals surface area contributed by atoms with Gasteiger partial charge < -0.3 is 14.7 Å². The zero-order valence-electron chi connectivity index (χ0n) is 13.4. The average Bonchev–Trinajstić information content (AvgIpc) is 3.07. The Morgan fingerprint density at radius 1 is 1.17 bits per heavy atom. The fourth-order valence-corrected chi connectivity index (χ4v) is 3.82. The molecule has 0 unspecified atom stereocenters. The molecule has 0 spiro atoms. The molecule has 2 aliphatic rings. The summed E-state index contributed by atoms with van der Waals surface area (Å²) in [6.07, 6.45) is 2.22. The lowest BCUT2D eigenvalue weighted by atomic mass is 10.3. The quantitative estimate of drug-likeness (QED) is 0.464. The van der Waals surface area contributed by atoms with Gasteiger partial charge in [-0.2, -0.15) is 0 Å². The Hall–Kier alpha value is -1.05. The van der Waals surface area contributed by atoms with Crippen LogP contribution in [0.1, 0.15) is 12.8 Å². The first-order valence-corrected chi connectivity index (χ1v) is 9.37. The molecule has 1 aromatic heterocycles. The normalized spacial score (nSPS) is 19.4. The van der Waals surface area contributed by atoms with Crippen LogP contribution >= 0.6 is 23.4 Å². The smallest absolute Gasteiger partial charge is 0.233 e. The van der Waals surface area contributed by atoms with E-state index in [2.05, 4.69) is 26.8 Å². The van der Waals surface area contributed by atoms with Crippen molar-refractivity contribution in [1.29, 1.82) is 0 Å². The molecule has 8 heteroatoms. The molecule has 0 radical (unpaired) electrons. The number of carbonyl (C=O) groups is 1. The number of amides is 1. The van der Waals surface area contributed by atoms with Crippen molar-refractivity contribution in [3.63, 3.8) is 0 Å². The Kier molecular flexibility index (Phi) is 5.61. The van der Waals surface area contributed by atoms with Gasteiger partial charge in [-0.3, -0.25) is 4.79 Å². The second-order valence-corrected chi connectivity index (χ2v) is 7.33. The lowest BCUT2D eigenvalue weighted by Gasteiger charge is -2.33. The highest BCUT2D eigenvalue weighted by Crippen LogP contribution is 2.23. The third-order valence-corrected chi connectivity index (χ3v) is 5.30. The SMILES string of the molecule is CN1CCN(c2cc(Cl)nc(SCC(=O)N3CCCC3)n2)CC1. The molecule has 126 valence electrons. The first kappa shape index (κ1) is 16.8. The molecule has 23 heavy (non-hydrogen) atoms. The highest BCUT2D eigenvalue weighted by molar-refractivity contribution is 7.99. The van der Waals surface area contributed by atoms with E-state index in [1.807, 2.05) is 4.90 Å². The molecule has 2 aliphatic heterocycles. The zero-order valence-corrected chi connectivity index (χ0v) is 14.9. The summed E-state index contributed by atoms with van der Waals surface area (Å²) in [7, 11) is 2.12. The van der Waals surface area contributed by atoms with Crippen LogP contribution in [-0.2, 0) is 4.79 Å². The molecule has 3 rings (SSSR count). The summed E-state index contributed by atoms with van der Waals surface area (Å²) in [5, 5.41) is 1.02. The van der Waals surface area contributed by atoms with Crippen LogP contribution in [0.15, 0.2) is 11.2 Å². The van der Waals surface area contributed by atoms with Gasteiger partial charge in [-0.1, -0.05) is 23.4 Å². The van der Waals surface area contributed by atoms with Crippen LogP contribution < -0.4 is 4.90 Å². The lowest BCUT2D eigenvalue weighted by Crippen LogP contribution is -2.44. The van der Waals surface area contributed by atoms with Crippen LogP contribution in [0.3, 0.4) is 0 Å². The van der Waals surface area contributed by atoms with Crippen molar-refractivity contribution in [2.45, 2.75) is 18.0 Å². The van der Waals surface area contributed by atoms with Crippen molar-refractivity contribution in [3.8, 4) is 0 Å². The number of anilines is 1. The van der Waals surface area contributed by atoms with Crippen LogP contribution in [0.4, 0.5) is 5.82 Å². The number of carbonyl (C=O) groups excluding carboxylic acids is 1. The lowest BCUT2D eigenvalue weighted by molar-refractivity contribution is -0.127. The van der Waals surface area contributed by atoms with E-state index in [0.717, 1.165) is 57.9 Å². The standard InChI is InChI=1S/C15H22ClN5OS/c1-19-6-8-20(9-7-19)13-10-12(16)17-15(18-13)23-11-14(22)21-4-2-3-5-21/h10H,2-9,11H2,1H3. The molecule has 6 nitrogen and oxygen atoms in total. The largest absolute Gasteiger partial charge is 0.354 e. The summed E-state index contributed by atoms with van der Waals surface area (Å²) in [6.45, 7) is 5.64. The Bertz CT molecular complexity index is 559. The molecular weight excluding hydrogens is 334 g/mol. The zero-order chi connectivity index (χ0) is 16.2. The van der Waals surface area contributed by atoms with Crippen molar-refractivity contribution in [2.24, 2.45) is 0 Å². The summed E-state index contributed by atoms with van der Waals surface area (Å²) in [4.78, 5) is 27.4. The van der Waals surface area contributed by atoms with Gasteiger partial charge in [-0.05, 0) is 19.9 Å². The third-order valence-electron chi connectivity index (χ3n) is 4.27. The molecule has 0 bridgehead atoms. The van der Waals surface area contributed by atoms with E-state index in [1.54, 1.807) is 6.07 Å². The van der Waals surface area contributed by atoms with E-state index in [4.69, 9.17) is 11.6 Å². The van der Waals surface area contributed by atoms with Crippen molar-refractivity contribution in [3.05, 3.63) is 11.2 Å². The fraction of sp³-hybridized carbons (Fsp3) is 0.667. The van der Waals surface area contributed by atoms with E-state index in [0.29, 0.717) is 16.1 Å². The minimum absolute atomic E-state index is 0.164. The van der Waals surface area contributed by atoms with E-state index >= 15 is 0 Å².